The Balaban J connectivity index is 1.79. The van der Waals surface area contributed by atoms with E-state index in [1.165, 1.54) is 37.3 Å². The molecule has 1 aromatic heterocycles. The SMILES string of the molecule is CN=C(NCCCN1CC(C)CC(C)C1)N(C)Cc1cn(C)nc1C(C)C. The average molecular weight is 377 g/mol. The van der Waals surface area contributed by atoms with Crippen molar-refractivity contribution >= 4 is 5.96 Å². The lowest BCUT2D eigenvalue weighted by atomic mass is 9.92. The Kier molecular flexibility index (Phi) is 8.14. The maximum atomic E-state index is 4.61. The van der Waals surface area contributed by atoms with Crippen LogP contribution in [0.4, 0.5) is 0 Å². The fraction of sp³-hybridized carbons (Fsp3) is 0.810. The third kappa shape index (κ3) is 6.52. The maximum absolute atomic E-state index is 4.61. The van der Waals surface area contributed by atoms with Crippen LogP contribution < -0.4 is 5.32 Å². The van der Waals surface area contributed by atoms with Crippen LogP contribution in [0.25, 0.3) is 0 Å². The van der Waals surface area contributed by atoms with Crippen LogP contribution in [0.5, 0.6) is 0 Å². The van der Waals surface area contributed by atoms with Gasteiger partial charge in [-0.3, -0.25) is 9.67 Å². The van der Waals surface area contributed by atoms with Crippen LogP contribution in [0.1, 0.15) is 57.7 Å². The zero-order valence-corrected chi connectivity index (χ0v) is 18.5. The lowest BCUT2D eigenvalue weighted by Crippen LogP contribution is -2.42. The highest BCUT2D eigenvalue weighted by Crippen LogP contribution is 2.21. The Morgan fingerprint density at radius 2 is 2.00 bits per heavy atom. The van der Waals surface area contributed by atoms with Gasteiger partial charge in [0, 0.05) is 59.1 Å². The predicted octanol–water partition coefficient (Wildman–Crippen LogP) is 2.92. The van der Waals surface area contributed by atoms with E-state index in [1.807, 2.05) is 18.8 Å². The van der Waals surface area contributed by atoms with Gasteiger partial charge in [0.25, 0.3) is 0 Å². The Bertz CT molecular complexity index is 596. The molecule has 2 unspecified atom stereocenters. The highest BCUT2D eigenvalue weighted by Gasteiger charge is 2.21. The van der Waals surface area contributed by atoms with Gasteiger partial charge in [0.1, 0.15) is 0 Å². The number of hydrogen-bond donors (Lipinski definition) is 1. The molecule has 27 heavy (non-hydrogen) atoms. The first-order chi connectivity index (χ1) is 12.8. The molecular formula is C21H40N6. The van der Waals surface area contributed by atoms with Crippen molar-refractivity contribution in [2.75, 3.05) is 40.3 Å². The number of aromatic nitrogens is 2. The number of hydrogen-bond acceptors (Lipinski definition) is 3. The van der Waals surface area contributed by atoms with Crippen LogP contribution in [0.2, 0.25) is 0 Å². The van der Waals surface area contributed by atoms with Gasteiger partial charge in [0.15, 0.2) is 5.96 Å². The van der Waals surface area contributed by atoms with Crippen LogP contribution in [0, 0.1) is 11.8 Å². The number of aryl methyl sites for hydroxylation is 1. The van der Waals surface area contributed by atoms with E-state index in [1.54, 1.807) is 0 Å². The van der Waals surface area contributed by atoms with E-state index >= 15 is 0 Å². The molecule has 0 amide bonds. The Labute approximate surface area is 166 Å². The third-order valence-corrected chi connectivity index (χ3v) is 5.34. The lowest BCUT2D eigenvalue weighted by Gasteiger charge is -2.35. The van der Waals surface area contributed by atoms with Gasteiger partial charge in [-0.15, -0.1) is 0 Å². The number of nitrogens with zero attached hydrogens (tertiary/aromatic N) is 5. The van der Waals surface area contributed by atoms with Crippen LogP contribution in [-0.4, -0.2) is 65.8 Å². The van der Waals surface area contributed by atoms with Crippen molar-refractivity contribution in [2.45, 2.75) is 53.0 Å². The largest absolute Gasteiger partial charge is 0.356 e. The minimum atomic E-state index is 0.430. The van der Waals surface area contributed by atoms with Gasteiger partial charge in [-0.25, -0.2) is 0 Å². The number of nitrogens with one attached hydrogen (secondary N) is 1. The molecule has 0 radical (unpaired) electrons. The first kappa shape index (κ1) is 21.7. The second-order valence-corrected chi connectivity index (χ2v) is 8.76. The molecule has 1 aliphatic rings. The molecule has 2 heterocycles. The first-order valence-corrected chi connectivity index (χ1v) is 10.5. The zero-order valence-electron chi connectivity index (χ0n) is 18.5. The summed E-state index contributed by atoms with van der Waals surface area (Å²) in [7, 11) is 5.95. The van der Waals surface area contributed by atoms with Gasteiger partial charge >= 0.3 is 0 Å². The van der Waals surface area contributed by atoms with E-state index < -0.39 is 0 Å². The number of piperidine rings is 1. The molecule has 6 heteroatoms. The van der Waals surface area contributed by atoms with Gasteiger partial charge in [0.2, 0.25) is 0 Å². The van der Waals surface area contributed by atoms with Crippen LogP contribution in [0.3, 0.4) is 0 Å². The summed E-state index contributed by atoms with van der Waals surface area (Å²) in [6, 6.07) is 0. The standard InChI is InChI=1S/C21H40N6/c1-16(2)20-19(15-26(7)24-20)14-25(6)21(22-5)23-9-8-10-27-12-17(3)11-18(4)13-27/h15-18H,8-14H2,1-7H3,(H,22,23). The smallest absolute Gasteiger partial charge is 0.193 e. The number of rotatable bonds is 7. The van der Waals surface area contributed by atoms with Crippen molar-refractivity contribution in [3.8, 4) is 0 Å². The molecule has 1 fully saturated rings. The summed E-state index contributed by atoms with van der Waals surface area (Å²) in [4.78, 5) is 9.28. The van der Waals surface area contributed by atoms with Gasteiger partial charge in [-0.2, -0.15) is 5.10 Å². The van der Waals surface area contributed by atoms with E-state index in [-0.39, 0.29) is 0 Å². The van der Waals surface area contributed by atoms with E-state index in [0.717, 1.165) is 37.3 Å². The molecular weight excluding hydrogens is 336 g/mol. The van der Waals surface area contributed by atoms with E-state index in [0.29, 0.717) is 5.92 Å². The molecule has 6 nitrogen and oxygen atoms in total. The second kappa shape index (κ2) is 10.1. The van der Waals surface area contributed by atoms with Crippen molar-refractivity contribution in [1.82, 2.24) is 24.9 Å². The van der Waals surface area contributed by atoms with E-state index in [9.17, 15) is 0 Å². The Hall–Kier alpha value is -1.56. The highest BCUT2D eigenvalue weighted by molar-refractivity contribution is 5.79. The molecule has 1 aliphatic heterocycles. The minimum absolute atomic E-state index is 0.430. The monoisotopic (exact) mass is 376 g/mol. The minimum Gasteiger partial charge on any atom is -0.356 e. The topological polar surface area (TPSA) is 48.7 Å². The summed E-state index contributed by atoms with van der Waals surface area (Å²) in [6.45, 7) is 14.6. The molecule has 0 aromatic carbocycles. The Morgan fingerprint density at radius 3 is 2.59 bits per heavy atom. The molecule has 154 valence electrons. The van der Waals surface area contributed by atoms with Crippen LogP contribution in [0.15, 0.2) is 11.2 Å². The maximum Gasteiger partial charge on any atom is 0.193 e. The van der Waals surface area contributed by atoms with Crippen molar-refractivity contribution in [3.63, 3.8) is 0 Å². The van der Waals surface area contributed by atoms with Crippen molar-refractivity contribution in [3.05, 3.63) is 17.5 Å². The van der Waals surface area contributed by atoms with Gasteiger partial charge in [-0.05, 0) is 37.1 Å². The zero-order chi connectivity index (χ0) is 20.0. The summed E-state index contributed by atoms with van der Waals surface area (Å²) in [6.07, 6.45) is 4.65. The average Bonchev–Trinajstić information content (AvgIpc) is 2.94. The van der Waals surface area contributed by atoms with E-state index in [4.69, 9.17) is 0 Å². The summed E-state index contributed by atoms with van der Waals surface area (Å²) < 4.78 is 1.91. The van der Waals surface area contributed by atoms with Gasteiger partial charge in [0.05, 0.1) is 5.69 Å². The summed E-state index contributed by atoms with van der Waals surface area (Å²) in [5.74, 6) is 3.04. The fourth-order valence-corrected chi connectivity index (χ4v) is 4.36. The molecule has 1 saturated heterocycles. The van der Waals surface area contributed by atoms with Crippen molar-refractivity contribution < 1.29 is 0 Å². The normalized spacial score (nSPS) is 21.7. The van der Waals surface area contributed by atoms with Crippen molar-refractivity contribution in [1.29, 1.82) is 0 Å². The molecule has 0 bridgehead atoms. The highest BCUT2D eigenvalue weighted by atomic mass is 15.3. The lowest BCUT2D eigenvalue weighted by molar-refractivity contribution is 0.140. The third-order valence-electron chi connectivity index (χ3n) is 5.34. The van der Waals surface area contributed by atoms with Gasteiger partial charge in [-0.1, -0.05) is 27.7 Å². The Morgan fingerprint density at radius 1 is 1.33 bits per heavy atom. The molecule has 0 spiro atoms. The second-order valence-electron chi connectivity index (χ2n) is 8.76. The van der Waals surface area contributed by atoms with Crippen LogP contribution in [-0.2, 0) is 13.6 Å². The quantitative estimate of drug-likeness (QED) is 0.452. The molecule has 1 N–H and O–H groups in total. The molecule has 0 saturated carbocycles. The number of guanidine groups is 1. The van der Waals surface area contributed by atoms with E-state index in [2.05, 4.69) is 66.1 Å². The van der Waals surface area contributed by atoms with Gasteiger partial charge < -0.3 is 15.1 Å². The molecule has 1 aromatic rings. The predicted molar refractivity (Wildman–Crippen MR) is 114 cm³/mol. The molecule has 2 rings (SSSR count). The first-order valence-electron chi connectivity index (χ1n) is 10.5. The summed E-state index contributed by atoms with van der Waals surface area (Å²) >= 11 is 0. The fourth-order valence-electron chi connectivity index (χ4n) is 4.36. The van der Waals surface area contributed by atoms with Crippen LogP contribution >= 0.6 is 0 Å². The summed E-state index contributed by atoms with van der Waals surface area (Å²) in [5, 5.41) is 8.14. The van der Waals surface area contributed by atoms with Crippen molar-refractivity contribution in [2.24, 2.45) is 23.9 Å². The number of aliphatic imine (C=N–C) groups is 1. The summed E-state index contributed by atoms with van der Waals surface area (Å²) in [5.41, 5.74) is 2.45. The molecule has 0 aliphatic carbocycles. The molecule has 2 atom stereocenters. The number of likely N-dealkylation sites (tertiary alicyclic amines) is 1.